The van der Waals surface area contributed by atoms with Crippen LogP contribution in [-0.2, 0) is 0 Å². The summed E-state index contributed by atoms with van der Waals surface area (Å²) in [4.78, 5) is 10.8. The van der Waals surface area contributed by atoms with Crippen LogP contribution in [0.2, 0.25) is 0 Å². The maximum Gasteiger partial charge on any atom is 0.213 e. The number of aliphatic imine (C=N–C) groups is 1. The molecule has 132 valence electrons. The third-order valence-electron chi connectivity index (χ3n) is 4.81. The van der Waals surface area contributed by atoms with Crippen LogP contribution in [0.15, 0.2) is 33.9 Å². The number of dihydropyridines is 1. The van der Waals surface area contributed by atoms with E-state index >= 15 is 0 Å². The minimum atomic E-state index is -0.409. The number of rotatable bonds is 4. The molecule has 2 aliphatic rings. The van der Waals surface area contributed by atoms with E-state index in [1.54, 1.807) is 25.6 Å². The van der Waals surface area contributed by atoms with E-state index in [9.17, 15) is 5.26 Å². The van der Waals surface area contributed by atoms with E-state index in [2.05, 4.69) is 27.9 Å². The number of nitriles is 1. The molecule has 2 aliphatic heterocycles. The zero-order chi connectivity index (χ0) is 17.9. The summed E-state index contributed by atoms with van der Waals surface area (Å²) in [5.74, 6) is 1.32. The zero-order valence-corrected chi connectivity index (χ0v) is 15.2. The fourth-order valence-electron chi connectivity index (χ4n) is 3.26. The maximum absolute atomic E-state index is 9.20. The first-order valence-electron chi connectivity index (χ1n) is 8.29. The third kappa shape index (κ3) is 3.63. The number of halogens is 1. The van der Waals surface area contributed by atoms with Crippen molar-refractivity contribution in [2.75, 3.05) is 26.7 Å². The van der Waals surface area contributed by atoms with Crippen LogP contribution in [0.4, 0.5) is 0 Å². The molecule has 3 rings (SSSR count). The van der Waals surface area contributed by atoms with Crippen LogP contribution in [0.1, 0.15) is 19.8 Å². The summed E-state index contributed by atoms with van der Waals surface area (Å²) in [5, 5.41) is 9.79. The molecule has 1 aromatic rings. The highest BCUT2D eigenvalue weighted by Crippen LogP contribution is 2.35. The Bertz CT molecular complexity index is 718. The molecule has 0 spiro atoms. The second kappa shape index (κ2) is 7.42. The van der Waals surface area contributed by atoms with E-state index < -0.39 is 5.54 Å². The van der Waals surface area contributed by atoms with Crippen molar-refractivity contribution >= 4 is 17.8 Å². The van der Waals surface area contributed by atoms with Gasteiger partial charge in [0.2, 0.25) is 5.88 Å². The highest BCUT2D eigenvalue weighted by Gasteiger charge is 2.40. The predicted molar refractivity (Wildman–Crippen MR) is 96.3 cm³/mol. The number of ether oxygens (including phenoxy) is 2. The van der Waals surface area contributed by atoms with Gasteiger partial charge in [0.05, 0.1) is 36.0 Å². The van der Waals surface area contributed by atoms with Crippen molar-refractivity contribution in [2.24, 2.45) is 4.99 Å². The average Bonchev–Trinajstić information content (AvgIpc) is 2.65. The summed E-state index contributed by atoms with van der Waals surface area (Å²) in [6, 6.07) is 5.79. The highest BCUT2D eigenvalue weighted by atomic mass is 35.5. The Morgan fingerprint density at radius 3 is 2.72 bits per heavy atom. The summed E-state index contributed by atoms with van der Waals surface area (Å²) < 4.78 is 11.1. The van der Waals surface area contributed by atoms with Crippen molar-refractivity contribution in [1.82, 2.24) is 9.88 Å². The lowest BCUT2D eigenvalue weighted by Gasteiger charge is -2.45. The molecular weight excluding hydrogens is 340 g/mol. The normalized spacial score (nSPS) is 24.9. The van der Waals surface area contributed by atoms with Gasteiger partial charge in [-0.3, -0.25) is 9.89 Å². The van der Waals surface area contributed by atoms with Gasteiger partial charge in [-0.1, -0.05) is 11.6 Å². The maximum atomic E-state index is 9.20. The Kier molecular flexibility index (Phi) is 5.26. The molecule has 1 fully saturated rings. The number of nitrogens with zero attached hydrogens (tertiary/aromatic N) is 4. The highest BCUT2D eigenvalue weighted by molar-refractivity contribution is 6.33. The molecular formula is C18H21ClN4O2. The molecule has 0 N–H and O–H groups in total. The minimum absolute atomic E-state index is 0.139. The average molecular weight is 361 g/mol. The Balaban J connectivity index is 1.61. The van der Waals surface area contributed by atoms with Crippen LogP contribution < -0.4 is 9.47 Å². The monoisotopic (exact) mass is 360 g/mol. The number of methoxy groups -OCH3 is 1. The molecule has 0 aliphatic carbocycles. The summed E-state index contributed by atoms with van der Waals surface area (Å²) >= 11 is 6.49. The first kappa shape index (κ1) is 17.7. The second-order valence-corrected chi connectivity index (χ2v) is 6.80. The molecule has 7 heteroatoms. The van der Waals surface area contributed by atoms with Crippen LogP contribution in [0.3, 0.4) is 0 Å². The van der Waals surface area contributed by atoms with Crippen LogP contribution in [-0.4, -0.2) is 54.5 Å². The van der Waals surface area contributed by atoms with E-state index in [0.29, 0.717) is 23.0 Å². The number of likely N-dealkylation sites (tertiary alicyclic amines) is 1. The van der Waals surface area contributed by atoms with Crippen molar-refractivity contribution < 1.29 is 9.47 Å². The van der Waals surface area contributed by atoms with Gasteiger partial charge in [-0.25, -0.2) is 4.98 Å². The smallest absolute Gasteiger partial charge is 0.213 e. The number of hydrogen-bond acceptors (Lipinski definition) is 6. The van der Waals surface area contributed by atoms with E-state index in [-0.39, 0.29) is 6.10 Å². The first-order valence-corrected chi connectivity index (χ1v) is 8.66. The van der Waals surface area contributed by atoms with Crippen molar-refractivity contribution in [3.05, 3.63) is 28.9 Å². The van der Waals surface area contributed by atoms with Gasteiger partial charge in [-0.05, 0) is 25.8 Å². The Morgan fingerprint density at radius 2 is 2.12 bits per heavy atom. The van der Waals surface area contributed by atoms with Gasteiger partial charge in [-0.2, -0.15) is 5.26 Å². The van der Waals surface area contributed by atoms with Crippen LogP contribution in [0, 0.1) is 11.3 Å². The zero-order valence-electron chi connectivity index (χ0n) is 14.4. The quantitative estimate of drug-likeness (QED) is 0.825. The summed E-state index contributed by atoms with van der Waals surface area (Å²) in [7, 11) is 1.59. The van der Waals surface area contributed by atoms with Gasteiger partial charge < -0.3 is 9.47 Å². The van der Waals surface area contributed by atoms with Gasteiger partial charge in [0.25, 0.3) is 0 Å². The second-order valence-electron chi connectivity index (χ2n) is 6.42. The van der Waals surface area contributed by atoms with Crippen molar-refractivity contribution in [3.63, 3.8) is 0 Å². The molecule has 1 saturated heterocycles. The molecule has 1 unspecified atom stereocenters. The number of allylic oxidation sites excluding steroid dienone is 1. The molecule has 0 saturated carbocycles. The predicted octanol–water partition coefficient (Wildman–Crippen LogP) is 2.79. The molecule has 6 nitrogen and oxygen atoms in total. The number of pyridine rings is 1. The number of piperidine rings is 1. The van der Waals surface area contributed by atoms with Crippen molar-refractivity contribution in [3.8, 4) is 17.7 Å². The fourth-order valence-corrected chi connectivity index (χ4v) is 3.53. The fraction of sp³-hybridized carbons (Fsp3) is 0.500. The first-order chi connectivity index (χ1) is 12.1. The summed E-state index contributed by atoms with van der Waals surface area (Å²) in [5.41, 5.74) is 0.0478. The van der Waals surface area contributed by atoms with Crippen molar-refractivity contribution in [1.29, 1.82) is 5.26 Å². The Labute approximate surface area is 152 Å². The molecule has 0 bridgehead atoms. The molecule has 0 radical (unpaired) electrons. The van der Waals surface area contributed by atoms with Crippen LogP contribution in [0.5, 0.6) is 11.6 Å². The van der Waals surface area contributed by atoms with Gasteiger partial charge in [0, 0.05) is 25.4 Å². The molecule has 0 aromatic carbocycles. The lowest BCUT2D eigenvalue weighted by atomic mass is 9.91. The lowest BCUT2D eigenvalue weighted by molar-refractivity contribution is 0.0544. The van der Waals surface area contributed by atoms with Gasteiger partial charge in [-0.15, -0.1) is 0 Å². The summed E-state index contributed by atoms with van der Waals surface area (Å²) in [6.45, 7) is 4.31. The third-order valence-corrected chi connectivity index (χ3v) is 5.42. The van der Waals surface area contributed by atoms with Gasteiger partial charge in [0.15, 0.2) is 0 Å². The van der Waals surface area contributed by atoms with Gasteiger partial charge in [0.1, 0.15) is 17.9 Å². The van der Waals surface area contributed by atoms with Crippen LogP contribution in [0.25, 0.3) is 0 Å². The Morgan fingerprint density at radius 1 is 1.36 bits per heavy atom. The van der Waals surface area contributed by atoms with E-state index in [1.165, 1.54) is 0 Å². The number of aromatic nitrogens is 1. The summed E-state index contributed by atoms with van der Waals surface area (Å²) in [6.07, 6.45) is 5.16. The van der Waals surface area contributed by atoms with E-state index in [1.807, 2.05) is 6.07 Å². The van der Waals surface area contributed by atoms with Crippen molar-refractivity contribution in [2.45, 2.75) is 31.4 Å². The molecule has 1 atom stereocenters. The van der Waals surface area contributed by atoms with E-state index in [4.69, 9.17) is 21.1 Å². The van der Waals surface area contributed by atoms with Crippen LogP contribution >= 0.6 is 11.6 Å². The number of hydrogen-bond donors (Lipinski definition) is 0. The standard InChI is InChI=1S/C18H21ClN4O2/c1-18(12-21-10-13(9-20)17(18)19)23-7-5-14(6-8-23)25-15-3-4-16(24-2)22-11-15/h3-4,10-11,14H,5-8,12H2,1-2H3. The SMILES string of the molecule is COc1ccc(OC2CCN(C3(C)CN=CC(C#N)=C3Cl)CC2)cn1. The molecule has 0 amide bonds. The molecule has 1 aromatic heterocycles. The topological polar surface area (TPSA) is 70.7 Å². The molecule has 25 heavy (non-hydrogen) atoms. The largest absolute Gasteiger partial charge is 0.489 e. The Hall–Kier alpha value is -2.10. The molecule has 3 heterocycles. The minimum Gasteiger partial charge on any atom is -0.489 e. The lowest BCUT2D eigenvalue weighted by Crippen LogP contribution is -2.54. The van der Waals surface area contributed by atoms with Gasteiger partial charge >= 0.3 is 0 Å². The van der Waals surface area contributed by atoms with E-state index in [0.717, 1.165) is 31.7 Å².